The Morgan fingerprint density at radius 2 is 1.59 bits per heavy atom. The average molecular weight is 392 g/mol. The molecule has 3 rings (SSSR count). The van der Waals surface area contributed by atoms with Crippen molar-refractivity contribution >= 4 is 15.9 Å². The molecule has 0 spiro atoms. The van der Waals surface area contributed by atoms with Crippen molar-refractivity contribution in [2.45, 2.75) is 25.7 Å². The van der Waals surface area contributed by atoms with Crippen LogP contribution in [0.2, 0.25) is 0 Å². The van der Waals surface area contributed by atoms with E-state index in [-0.39, 0.29) is 23.9 Å². The second kappa shape index (κ2) is 7.36. The van der Waals surface area contributed by atoms with Crippen molar-refractivity contribution in [2.75, 3.05) is 33.3 Å². The first-order valence-corrected chi connectivity index (χ1v) is 10.2. The summed E-state index contributed by atoms with van der Waals surface area (Å²) in [5, 5.41) is 0. The molecule has 1 saturated heterocycles. The van der Waals surface area contributed by atoms with Gasteiger partial charge in [0.05, 0.1) is 17.6 Å². The number of benzene rings is 1. The zero-order chi connectivity index (χ0) is 19.8. The Morgan fingerprint density at radius 1 is 1.00 bits per heavy atom. The lowest BCUT2D eigenvalue weighted by molar-refractivity contribution is 0.0695. The molecule has 1 aliphatic heterocycles. The van der Waals surface area contributed by atoms with Crippen LogP contribution < -0.4 is 4.74 Å². The van der Waals surface area contributed by atoms with E-state index < -0.39 is 10.0 Å². The molecule has 1 aliphatic rings. The number of sulfonamides is 1. The van der Waals surface area contributed by atoms with Crippen molar-refractivity contribution in [3.05, 3.63) is 46.9 Å². The fourth-order valence-electron chi connectivity index (χ4n) is 3.29. The highest BCUT2D eigenvalue weighted by molar-refractivity contribution is 7.89. The van der Waals surface area contributed by atoms with Gasteiger partial charge in [-0.25, -0.2) is 8.42 Å². The fourth-order valence-corrected chi connectivity index (χ4v) is 4.72. The number of nitrogens with zero attached hydrogens (tertiary/aromatic N) is 2. The highest BCUT2D eigenvalue weighted by Crippen LogP contribution is 2.24. The molecule has 27 heavy (non-hydrogen) atoms. The summed E-state index contributed by atoms with van der Waals surface area (Å²) in [6.07, 6.45) is 0. The molecule has 0 unspecified atom stereocenters. The molecule has 1 fully saturated rings. The zero-order valence-corrected chi connectivity index (χ0v) is 16.8. The van der Waals surface area contributed by atoms with Gasteiger partial charge < -0.3 is 14.1 Å². The van der Waals surface area contributed by atoms with Crippen LogP contribution in [0.1, 0.15) is 27.4 Å². The molecular formula is C19H24N2O5S. The number of rotatable bonds is 4. The number of carbonyl (C=O) groups is 1. The maximum atomic E-state index is 12.8. The second-order valence-corrected chi connectivity index (χ2v) is 8.52. The number of amides is 1. The molecule has 0 atom stereocenters. The van der Waals surface area contributed by atoms with Crippen LogP contribution in [0, 0.1) is 20.8 Å². The molecule has 2 aromatic rings. The Hall–Kier alpha value is -2.32. The van der Waals surface area contributed by atoms with Gasteiger partial charge in [0.15, 0.2) is 0 Å². The minimum absolute atomic E-state index is 0.108. The molecule has 0 bridgehead atoms. The van der Waals surface area contributed by atoms with Crippen LogP contribution in [0.3, 0.4) is 0 Å². The standard InChI is InChI=1S/C19H24N2O5S/c1-13-14(2)26-15(3)18(13)19(22)20-9-11-21(12-10-20)27(23,24)17-7-5-16(25-4)6-8-17/h5-8H,9-12H2,1-4H3. The summed E-state index contributed by atoms with van der Waals surface area (Å²) < 4.78 is 37.7. The number of furan rings is 1. The smallest absolute Gasteiger partial charge is 0.257 e. The van der Waals surface area contributed by atoms with Gasteiger partial charge in [-0.05, 0) is 45.0 Å². The van der Waals surface area contributed by atoms with Gasteiger partial charge in [0.2, 0.25) is 10.0 Å². The lowest BCUT2D eigenvalue weighted by atomic mass is 10.1. The van der Waals surface area contributed by atoms with Crippen LogP contribution in [0.5, 0.6) is 5.75 Å². The van der Waals surface area contributed by atoms with Gasteiger partial charge in [-0.1, -0.05) is 0 Å². The first-order valence-electron chi connectivity index (χ1n) is 8.75. The number of carbonyl (C=O) groups excluding carboxylic acids is 1. The summed E-state index contributed by atoms with van der Waals surface area (Å²) in [4.78, 5) is 14.7. The van der Waals surface area contributed by atoms with Crippen LogP contribution in [0.25, 0.3) is 0 Å². The highest BCUT2D eigenvalue weighted by atomic mass is 32.2. The number of hydrogen-bond donors (Lipinski definition) is 0. The molecular weight excluding hydrogens is 368 g/mol. The maximum Gasteiger partial charge on any atom is 0.257 e. The summed E-state index contributed by atoms with van der Waals surface area (Å²) in [5.41, 5.74) is 1.42. The SMILES string of the molecule is COc1ccc(S(=O)(=O)N2CCN(C(=O)c3c(C)oc(C)c3C)CC2)cc1. The van der Waals surface area contributed by atoms with E-state index in [1.807, 2.05) is 13.8 Å². The number of methoxy groups -OCH3 is 1. The molecule has 1 amide bonds. The Kier molecular flexibility index (Phi) is 5.30. The second-order valence-electron chi connectivity index (χ2n) is 6.59. The summed E-state index contributed by atoms with van der Waals surface area (Å²) >= 11 is 0. The molecule has 0 saturated carbocycles. The first-order chi connectivity index (χ1) is 12.8. The molecule has 8 heteroatoms. The zero-order valence-electron chi connectivity index (χ0n) is 16.0. The third-order valence-electron chi connectivity index (χ3n) is 5.00. The molecule has 0 aliphatic carbocycles. The van der Waals surface area contributed by atoms with E-state index in [9.17, 15) is 13.2 Å². The molecule has 7 nitrogen and oxygen atoms in total. The fraction of sp³-hybridized carbons (Fsp3) is 0.421. The van der Waals surface area contributed by atoms with Gasteiger partial charge in [-0.15, -0.1) is 0 Å². The average Bonchev–Trinajstić information content (AvgIpc) is 2.93. The molecule has 0 N–H and O–H groups in total. The quantitative estimate of drug-likeness (QED) is 0.798. The van der Waals surface area contributed by atoms with E-state index in [0.29, 0.717) is 30.2 Å². The minimum Gasteiger partial charge on any atom is -0.497 e. The number of ether oxygens (including phenoxy) is 1. The number of aryl methyl sites for hydroxylation is 2. The van der Waals surface area contributed by atoms with E-state index in [1.54, 1.807) is 24.0 Å². The van der Waals surface area contributed by atoms with Gasteiger partial charge in [0, 0.05) is 31.7 Å². The van der Waals surface area contributed by atoms with Gasteiger partial charge in [-0.2, -0.15) is 4.31 Å². The van der Waals surface area contributed by atoms with Gasteiger partial charge in [0.25, 0.3) is 5.91 Å². The third kappa shape index (κ3) is 3.59. The van der Waals surface area contributed by atoms with Crippen molar-refractivity contribution in [3.63, 3.8) is 0 Å². The Bertz CT molecular complexity index is 939. The van der Waals surface area contributed by atoms with Crippen LogP contribution in [0.4, 0.5) is 0 Å². The molecule has 0 radical (unpaired) electrons. The first kappa shape index (κ1) is 19.4. The van der Waals surface area contributed by atoms with Crippen LogP contribution >= 0.6 is 0 Å². The largest absolute Gasteiger partial charge is 0.497 e. The lowest BCUT2D eigenvalue weighted by Gasteiger charge is -2.34. The predicted molar refractivity (Wildman–Crippen MR) is 101 cm³/mol. The lowest BCUT2D eigenvalue weighted by Crippen LogP contribution is -2.50. The van der Waals surface area contributed by atoms with Gasteiger partial charge >= 0.3 is 0 Å². The summed E-state index contributed by atoms with van der Waals surface area (Å²) in [5.74, 6) is 1.83. The Morgan fingerprint density at radius 3 is 2.07 bits per heavy atom. The van der Waals surface area contributed by atoms with Gasteiger partial charge in [-0.3, -0.25) is 4.79 Å². The van der Waals surface area contributed by atoms with Crippen molar-refractivity contribution in [2.24, 2.45) is 0 Å². The number of hydrogen-bond acceptors (Lipinski definition) is 5. The molecule has 2 heterocycles. The van der Waals surface area contributed by atoms with Crippen molar-refractivity contribution in [1.82, 2.24) is 9.21 Å². The topological polar surface area (TPSA) is 80.1 Å². The Labute approximate surface area is 159 Å². The van der Waals surface area contributed by atoms with E-state index in [2.05, 4.69) is 0 Å². The van der Waals surface area contributed by atoms with Crippen molar-refractivity contribution < 1.29 is 22.4 Å². The van der Waals surface area contributed by atoms with Crippen molar-refractivity contribution in [1.29, 1.82) is 0 Å². The van der Waals surface area contributed by atoms with E-state index >= 15 is 0 Å². The highest BCUT2D eigenvalue weighted by Gasteiger charge is 2.32. The molecule has 1 aromatic heterocycles. The maximum absolute atomic E-state index is 12.8. The number of piperazine rings is 1. The third-order valence-corrected chi connectivity index (χ3v) is 6.91. The van der Waals surface area contributed by atoms with Gasteiger partial charge in [0.1, 0.15) is 17.3 Å². The van der Waals surface area contributed by atoms with E-state index in [4.69, 9.17) is 9.15 Å². The minimum atomic E-state index is -3.59. The molecule has 146 valence electrons. The monoisotopic (exact) mass is 392 g/mol. The van der Waals surface area contributed by atoms with E-state index in [0.717, 1.165) is 11.3 Å². The summed E-state index contributed by atoms with van der Waals surface area (Å²) in [7, 11) is -2.06. The molecule has 1 aromatic carbocycles. The Balaban J connectivity index is 1.71. The summed E-state index contributed by atoms with van der Waals surface area (Å²) in [6, 6.07) is 6.32. The van der Waals surface area contributed by atoms with Crippen LogP contribution in [-0.4, -0.2) is 56.8 Å². The predicted octanol–water partition coefficient (Wildman–Crippen LogP) is 2.36. The van der Waals surface area contributed by atoms with E-state index in [1.165, 1.54) is 23.5 Å². The van der Waals surface area contributed by atoms with Crippen LogP contribution in [0.15, 0.2) is 33.6 Å². The summed E-state index contributed by atoms with van der Waals surface area (Å²) in [6.45, 7) is 6.68. The van der Waals surface area contributed by atoms with Crippen molar-refractivity contribution in [3.8, 4) is 5.75 Å². The normalized spacial score (nSPS) is 15.8. The van der Waals surface area contributed by atoms with Crippen LogP contribution in [-0.2, 0) is 10.0 Å².